The lowest BCUT2D eigenvalue weighted by atomic mass is 10.2. The zero-order chi connectivity index (χ0) is 15.4. The molecule has 1 amide bonds. The van der Waals surface area contributed by atoms with Gasteiger partial charge in [-0.2, -0.15) is 10.2 Å². The van der Waals surface area contributed by atoms with Gasteiger partial charge in [0.15, 0.2) is 5.69 Å². The number of amides is 1. The van der Waals surface area contributed by atoms with Crippen LogP contribution in [0.4, 0.5) is 0 Å². The van der Waals surface area contributed by atoms with Crippen LogP contribution in [0.25, 0.3) is 0 Å². The summed E-state index contributed by atoms with van der Waals surface area (Å²) in [6, 6.07) is 9.27. The Morgan fingerprint density at radius 2 is 2.23 bits per heavy atom. The highest BCUT2D eigenvalue weighted by Gasteiger charge is 2.26. The number of ether oxygens (including phenoxy) is 1. The summed E-state index contributed by atoms with van der Waals surface area (Å²) in [5.74, 6) is 1.04. The van der Waals surface area contributed by atoms with E-state index in [1.807, 2.05) is 31.2 Å². The van der Waals surface area contributed by atoms with Crippen LogP contribution in [0.15, 0.2) is 35.4 Å². The van der Waals surface area contributed by atoms with Crippen LogP contribution in [-0.2, 0) is 0 Å². The first-order valence-corrected chi connectivity index (χ1v) is 7.38. The van der Waals surface area contributed by atoms with Crippen molar-refractivity contribution in [1.29, 1.82) is 0 Å². The van der Waals surface area contributed by atoms with E-state index in [-0.39, 0.29) is 5.91 Å². The number of benzene rings is 1. The molecule has 22 heavy (non-hydrogen) atoms. The maximum Gasteiger partial charge on any atom is 0.291 e. The van der Waals surface area contributed by atoms with E-state index >= 15 is 0 Å². The Morgan fingerprint density at radius 3 is 2.91 bits per heavy atom. The topological polar surface area (TPSA) is 79.4 Å². The Labute approximate surface area is 128 Å². The van der Waals surface area contributed by atoms with E-state index in [1.54, 1.807) is 12.3 Å². The maximum absolute atomic E-state index is 11.9. The van der Waals surface area contributed by atoms with E-state index < -0.39 is 0 Å². The Kier molecular flexibility index (Phi) is 4.18. The zero-order valence-electron chi connectivity index (χ0n) is 12.4. The minimum absolute atomic E-state index is 0.315. The number of carbonyl (C=O) groups is 1. The molecule has 1 aromatic carbocycles. The van der Waals surface area contributed by atoms with Crippen molar-refractivity contribution >= 4 is 12.1 Å². The zero-order valence-corrected chi connectivity index (χ0v) is 12.4. The first-order chi connectivity index (χ1) is 10.8. The molecule has 1 aliphatic carbocycles. The first kappa shape index (κ1) is 14.3. The predicted molar refractivity (Wildman–Crippen MR) is 83.2 cm³/mol. The number of aromatic amines is 1. The summed E-state index contributed by atoms with van der Waals surface area (Å²) in [5.41, 5.74) is 4.75. The van der Waals surface area contributed by atoms with Crippen LogP contribution >= 0.6 is 0 Å². The Balaban J connectivity index is 1.54. The fraction of sp³-hybridized carbons (Fsp3) is 0.312. The average Bonchev–Trinajstić information content (AvgIpc) is 3.26. The number of H-pyrrole nitrogens is 1. The molecule has 0 spiro atoms. The van der Waals surface area contributed by atoms with E-state index in [9.17, 15) is 4.79 Å². The highest BCUT2D eigenvalue weighted by Crippen LogP contribution is 2.38. The molecule has 0 saturated heterocycles. The van der Waals surface area contributed by atoms with Crippen LogP contribution in [0.2, 0.25) is 0 Å². The van der Waals surface area contributed by atoms with Crippen molar-refractivity contribution in [3.63, 3.8) is 0 Å². The molecule has 0 aliphatic heterocycles. The van der Waals surface area contributed by atoms with Crippen LogP contribution in [0.5, 0.6) is 5.75 Å². The third-order valence-electron chi connectivity index (χ3n) is 3.42. The number of rotatable bonds is 6. The Hall–Kier alpha value is -2.63. The second-order valence-electron chi connectivity index (χ2n) is 5.18. The second-order valence-corrected chi connectivity index (χ2v) is 5.18. The lowest BCUT2D eigenvalue weighted by Crippen LogP contribution is -2.18. The molecule has 2 aromatic rings. The molecule has 3 rings (SSSR count). The lowest BCUT2D eigenvalue weighted by Gasteiger charge is -2.02. The number of hydrogen-bond acceptors (Lipinski definition) is 4. The average molecular weight is 298 g/mol. The van der Waals surface area contributed by atoms with Gasteiger partial charge in [0.1, 0.15) is 5.75 Å². The Bertz CT molecular complexity index is 672. The molecule has 0 unspecified atom stereocenters. The maximum atomic E-state index is 11.9. The molecule has 6 heteroatoms. The SMILES string of the molecule is CCOc1ccc(/C=N/NC(=O)c2cc(C3CC3)[nH]n2)cc1. The molecule has 1 saturated carbocycles. The Morgan fingerprint density at radius 1 is 1.45 bits per heavy atom. The molecule has 6 nitrogen and oxygen atoms in total. The minimum Gasteiger partial charge on any atom is -0.494 e. The number of hydrazone groups is 1. The second kappa shape index (κ2) is 6.43. The summed E-state index contributed by atoms with van der Waals surface area (Å²) >= 11 is 0. The molecule has 0 bridgehead atoms. The molecular formula is C16H18N4O2. The molecule has 1 heterocycles. The predicted octanol–water partition coefficient (Wildman–Crippen LogP) is 2.45. The molecule has 0 radical (unpaired) electrons. The quantitative estimate of drug-likeness (QED) is 0.635. The van der Waals surface area contributed by atoms with Gasteiger partial charge in [0.2, 0.25) is 0 Å². The van der Waals surface area contributed by atoms with E-state index in [1.165, 1.54) is 12.8 Å². The van der Waals surface area contributed by atoms with Crippen LogP contribution in [0, 0.1) is 0 Å². The summed E-state index contributed by atoms with van der Waals surface area (Å²) < 4.78 is 5.36. The monoisotopic (exact) mass is 298 g/mol. The largest absolute Gasteiger partial charge is 0.494 e. The van der Waals surface area contributed by atoms with E-state index in [2.05, 4.69) is 20.7 Å². The highest BCUT2D eigenvalue weighted by molar-refractivity contribution is 5.93. The molecule has 1 aliphatic rings. The molecule has 114 valence electrons. The van der Waals surface area contributed by atoms with Gasteiger partial charge in [-0.25, -0.2) is 5.43 Å². The summed E-state index contributed by atoms with van der Waals surface area (Å²) in [5, 5.41) is 10.8. The number of nitrogens with one attached hydrogen (secondary N) is 2. The molecular weight excluding hydrogens is 280 g/mol. The van der Waals surface area contributed by atoms with Gasteiger partial charge in [-0.3, -0.25) is 9.89 Å². The molecule has 2 N–H and O–H groups in total. The molecule has 0 atom stereocenters. The van der Waals surface area contributed by atoms with Gasteiger partial charge in [-0.15, -0.1) is 0 Å². The van der Waals surface area contributed by atoms with Gasteiger partial charge in [0, 0.05) is 11.6 Å². The molecule has 1 aromatic heterocycles. The molecule has 1 fully saturated rings. The van der Waals surface area contributed by atoms with Crippen LogP contribution in [0.3, 0.4) is 0 Å². The van der Waals surface area contributed by atoms with E-state index in [4.69, 9.17) is 4.74 Å². The van der Waals surface area contributed by atoms with Gasteiger partial charge in [-0.1, -0.05) is 0 Å². The standard InChI is InChI=1S/C16H18N4O2/c1-2-22-13-7-3-11(4-8-13)10-17-20-16(21)15-9-14(18-19-15)12-5-6-12/h3-4,7-10,12H,2,5-6H2,1H3,(H,18,19)(H,20,21)/b17-10+. The van der Waals surface area contributed by atoms with Crippen molar-refractivity contribution in [2.45, 2.75) is 25.7 Å². The van der Waals surface area contributed by atoms with E-state index in [0.29, 0.717) is 18.2 Å². The van der Waals surface area contributed by atoms with Gasteiger partial charge >= 0.3 is 0 Å². The number of aromatic nitrogens is 2. The van der Waals surface area contributed by atoms with Crippen molar-refractivity contribution in [2.75, 3.05) is 6.61 Å². The number of carbonyl (C=O) groups excluding carboxylic acids is 1. The van der Waals surface area contributed by atoms with Crippen molar-refractivity contribution in [3.05, 3.63) is 47.3 Å². The van der Waals surface area contributed by atoms with Gasteiger partial charge in [0.05, 0.1) is 12.8 Å². The van der Waals surface area contributed by atoms with E-state index in [0.717, 1.165) is 17.0 Å². The highest BCUT2D eigenvalue weighted by atomic mass is 16.5. The summed E-state index contributed by atoms with van der Waals surface area (Å²) in [6.45, 7) is 2.57. The lowest BCUT2D eigenvalue weighted by molar-refractivity contribution is 0.0950. The van der Waals surface area contributed by atoms with Gasteiger partial charge in [-0.05, 0) is 55.7 Å². The van der Waals surface area contributed by atoms with Crippen molar-refractivity contribution in [2.24, 2.45) is 5.10 Å². The van der Waals surface area contributed by atoms with Crippen molar-refractivity contribution in [1.82, 2.24) is 15.6 Å². The van der Waals surface area contributed by atoms with Crippen molar-refractivity contribution < 1.29 is 9.53 Å². The summed E-state index contributed by atoms with van der Waals surface area (Å²) in [6.07, 6.45) is 3.92. The number of nitrogens with zero attached hydrogens (tertiary/aromatic N) is 2. The van der Waals surface area contributed by atoms with Crippen LogP contribution in [0.1, 0.15) is 47.4 Å². The van der Waals surface area contributed by atoms with Crippen LogP contribution < -0.4 is 10.2 Å². The van der Waals surface area contributed by atoms with Gasteiger partial charge in [0.25, 0.3) is 5.91 Å². The smallest absolute Gasteiger partial charge is 0.291 e. The van der Waals surface area contributed by atoms with Gasteiger partial charge < -0.3 is 4.74 Å². The fourth-order valence-electron chi connectivity index (χ4n) is 2.10. The third kappa shape index (κ3) is 3.52. The minimum atomic E-state index is -0.315. The fourth-order valence-corrected chi connectivity index (χ4v) is 2.10. The number of hydrogen-bond donors (Lipinski definition) is 2. The summed E-state index contributed by atoms with van der Waals surface area (Å²) in [7, 11) is 0. The first-order valence-electron chi connectivity index (χ1n) is 7.38. The third-order valence-corrected chi connectivity index (χ3v) is 3.42. The summed E-state index contributed by atoms with van der Waals surface area (Å²) in [4.78, 5) is 11.9. The van der Waals surface area contributed by atoms with Crippen molar-refractivity contribution in [3.8, 4) is 5.75 Å². The normalized spacial score (nSPS) is 14.2. The van der Waals surface area contributed by atoms with Crippen LogP contribution in [-0.4, -0.2) is 28.9 Å².